The highest BCUT2D eigenvalue weighted by atomic mass is 35.5. The smallest absolute Gasteiger partial charge is 0.123 e. The summed E-state index contributed by atoms with van der Waals surface area (Å²) in [6, 6.07) is 9.60. The number of methoxy groups -OCH3 is 1. The van der Waals surface area contributed by atoms with Gasteiger partial charge in [-0.15, -0.1) is 11.6 Å². The number of hydrogen-bond donors (Lipinski definition) is 0. The first-order valence-electron chi connectivity index (χ1n) is 5.92. The van der Waals surface area contributed by atoms with Gasteiger partial charge in [0.15, 0.2) is 0 Å². The average Bonchev–Trinajstić information content (AvgIpc) is 2.43. The van der Waals surface area contributed by atoms with E-state index >= 15 is 0 Å². The molecule has 2 aromatic rings. The Morgan fingerprint density at radius 2 is 1.85 bits per heavy atom. The van der Waals surface area contributed by atoms with Crippen molar-refractivity contribution in [3.8, 4) is 5.75 Å². The molecule has 5 heteroatoms. The minimum atomic E-state index is -0.419. The predicted molar refractivity (Wildman–Crippen MR) is 81.7 cm³/mol. The molecule has 1 atom stereocenters. The lowest BCUT2D eigenvalue weighted by Crippen LogP contribution is -2.00. The number of halogens is 4. The Bertz CT molecular complexity index is 616. The minimum Gasteiger partial charge on any atom is -0.496 e. The standard InChI is InChI=1S/C15H12Cl3FO/c1-20-15-5-3-10(19)8-11(15)13(17)6-9-2-4-12(16)14(18)7-9/h2-5,7-8,13H,6H2,1H3. The highest BCUT2D eigenvalue weighted by molar-refractivity contribution is 6.42. The zero-order valence-corrected chi connectivity index (χ0v) is 12.9. The maximum atomic E-state index is 13.3. The van der Waals surface area contributed by atoms with Crippen molar-refractivity contribution in [3.63, 3.8) is 0 Å². The second-order valence-electron chi connectivity index (χ2n) is 4.31. The lowest BCUT2D eigenvalue weighted by atomic mass is 10.0. The van der Waals surface area contributed by atoms with Crippen LogP contribution in [0.15, 0.2) is 36.4 Å². The van der Waals surface area contributed by atoms with E-state index in [1.165, 1.54) is 19.2 Å². The molecular weight excluding hydrogens is 322 g/mol. The molecule has 2 aromatic carbocycles. The highest BCUT2D eigenvalue weighted by Gasteiger charge is 2.15. The monoisotopic (exact) mass is 332 g/mol. The van der Waals surface area contributed by atoms with E-state index in [4.69, 9.17) is 39.5 Å². The van der Waals surface area contributed by atoms with Crippen LogP contribution in [0.5, 0.6) is 5.75 Å². The number of hydrogen-bond acceptors (Lipinski definition) is 1. The number of ether oxygens (including phenoxy) is 1. The van der Waals surface area contributed by atoms with Crippen LogP contribution in [-0.4, -0.2) is 7.11 Å². The largest absolute Gasteiger partial charge is 0.496 e. The van der Waals surface area contributed by atoms with E-state index in [9.17, 15) is 4.39 Å². The van der Waals surface area contributed by atoms with Gasteiger partial charge < -0.3 is 4.74 Å². The van der Waals surface area contributed by atoms with Crippen LogP contribution in [0, 0.1) is 5.82 Å². The first kappa shape index (κ1) is 15.4. The summed E-state index contributed by atoms with van der Waals surface area (Å²) in [6.45, 7) is 0. The molecule has 0 aliphatic heterocycles. The quantitative estimate of drug-likeness (QED) is 0.656. The van der Waals surface area contributed by atoms with E-state index in [-0.39, 0.29) is 5.82 Å². The van der Waals surface area contributed by atoms with Crippen molar-refractivity contribution in [2.75, 3.05) is 7.11 Å². The topological polar surface area (TPSA) is 9.23 Å². The van der Waals surface area contributed by atoms with Crippen molar-refractivity contribution in [2.24, 2.45) is 0 Å². The van der Waals surface area contributed by atoms with Crippen LogP contribution in [0.2, 0.25) is 10.0 Å². The van der Waals surface area contributed by atoms with Crippen LogP contribution in [0.3, 0.4) is 0 Å². The third-order valence-electron chi connectivity index (χ3n) is 2.93. The normalized spacial score (nSPS) is 12.2. The molecule has 20 heavy (non-hydrogen) atoms. The van der Waals surface area contributed by atoms with Crippen LogP contribution in [0.4, 0.5) is 4.39 Å². The second-order valence-corrected chi connectivity index (χ2v) is 5.65. The molecule has 0 radical (unpaired) electrons. The van der Waals surface area contributed by atoms with E-state index in [2.05, 4.69) is 0 Å². The molecule has 1 unspecified atom stereocenters. The summed E-state index contributed by atoms with van der Waals surface area (Å²) in [6.07, 6.45) is 0.498. The Hall–Kier alpha value is -0.960. The summed E-state index contributed by atoms with van der Waals surface area (Å²) >= 11 is 18.2. The van der Waals surface area contributed by atoms with Crippen molar-refractivity contribution >= 4 is 34.8 Å². The molecule has 0 aromatic heterocycles. The lowest BCUT2D eigenvalue weighted by molar-refractivity contribution is 0.407. The van der Waals surface area contributed by atoms with Gasteiger partial charge in [-0.3, -0.25) is 0 Å². The molecule has 106 valence electrons. The summed E-state index contributed by atoms with van der Waals surface area (Å²) in [5.41, 5.74) is 1.53. The SMILES string of the molecule is COc1ccc(F)cc1C(Cl)Cc1ccc(Cl)c(Cl)c1. The summed E-state index contributed by atoms with van der Waals surface area (Å²) < 4.78 is 18.6. The van der Waals surface area contributed by atoms with Gasteiger partial charge in [0.1, 0.15) is 11.6 Å². The fourth-order valence-electron chi connectivity index (χ4n) is 1.93. The number of rotatable bonds is 4. The maximum Gasteiger partial charge on any atom is 0.123 e. The molecule has 0 saturated heterocycles. The van der Waals surface area contributed by atoms with Gasteiger partial charge in [-0.2, -0.15) is 0 Å². The molecule has 0 fully saturated rings. The second kappa shape index (κ2) is 6.66. The summed E-state index contributed by atoms with van der Waals surface area (Å²) in [5.74, 6) is 0.215. The van der Waals surface area contributed by atoms with Crippen LogP contribution in [0.1, 0.15) is 16.5 Å². The Kier molecular flexibility index (Phi) is 5.14. The van der Waals surface area contributed by atoms with Crippen LogP contribution < -0.4 is 4.74 Å². The first-order chi connectivity index (χ1) is 9.51. The molecule has 0 heterocycles. The van der Waals surface area contributed by atoms with Gasteiger partial charge in [0.25, 0.3) is 0 Å². The van der Waals surface area contributed by atoms with Gasteiger partial charge in [-0.25, -0.2) is 4.39 Å². The summed E-state index contributed by atoms with van der Waals surface area (Å²) in [5, 5.41) is 0.544. The van der Waals surface area contributed by atoms with Crippen LogP contribution in [0.25, 0.3) is 0 Å². The molecule has 0 aliphatic rings. The molecule has 0 bridgehead atoms. The summed E-state index contributed by atoms with van der Waals surface area (Å²) in [4.78, 5) is 0. The van der Waals surface area contributed by atoms with E-state index in [1.807, 2.05) is 6.07 Å². The maximum absolute atomic E-state index is 13.3. The van der Waals surface area contributed by atoms with Crippen molar-refractivity contribution in [2.45, 2.75) is 11.8 Å². The Balaban J connectivity index is 2.25. The van der Waals surface area contributed by atoms with E-state index in [1.54, 1.807) is 18.2 Å². The Morgan fingerprint density at radius 1 is 1.10 bits per heavy atom. The third kappa shape index (κ3) is 3.57. The van der Waals surface area contributed by atoms with Gasteiger partial charge in [0.05, 0.1) is 22.5 Å². The molecule has 0 saturated carbocycles. The van der Waals surface area contributed by atoms with Crippen molar-refractivity contribution in [3.05, 3.63) is 63.4 Å². The van der Waals surface area contributed by atoms with E-state index in [0.717, 1.165) is 5.56 Å². The fraction of sp³-hybridized carbons (Fsp3) is 0.200. The Morgan fingerprint density at radius 3 is 2.50 bits per heavy atom. The average molecular weight is 334 g/mol. The van der Waals surface area contributed by atoms with Crippen molar-refractivity contribution in [1.82, 2.24) is 0 Å². The third-order valence-corrected chi connectivity index (χ3v) is 4.06. The van der Waals surface area contributed by atoms with E-state index < -0.39 is 5.38 Å². The van der Waals surface area contributed by atoms with Gasteiger partial charge in [0.2, 0.25) is 0 Å². The molecule has 0 N–H and O–H groups in total. The minimum absolute atomic E-state index is 0.347. The zero-order valence-electron chi connectivity index (χ0n) is 10.7. The summed E-state index contributed by atoms with van der Waals surface area (Å²) in [7, 11) is 1.53. The molecule has 0 amide bonds. The van der Waals surface area contributed by atoms with E-state index in [0.29, 0.717) is 27.8 Å². The fourth-order valence-corrected chi connectivity index (χ4v) is 2.60. The van der Waals surface area contributed by atoms with Gasteiger partial charge >= 0.3 is 0 Å². The zero-order chi connectivity index (χ0) is 14.7. The van der Waals surface area contributed by atoms with Gasteiger partial charge in [-0.05, 0) is 42.3 Å². The number of alkyl halides is 1. The number of benzene rings is 2. The molecule has 0 aliphatic carbocycles. The van der Waals surface area contributed by atoms with Crippen LogP contribution >= 0.6 is 34.8 Å². The van der Waals surface area contributed by atoms with Crippen molar-refractivity contribution < 1.29 is 9.13 Å². The highest BCUT2D eigenvalue weighted by Crippen LogP contribution is 2.34. The van der Waals surface area contributed by atoms with Gasteiger partial charge in [-0.1, -0.05) is 29.3 Å². The molecule has 0 spiro atoms. The lowest BCUT2D eigenvalue weighted by Gasteiger charge is -2.14. The Labute approximate surface area is 132 Å². The van der Waals surface area contributed by atoms with Crippen LogP contribution in [-0.2, 0) is 6.42 Å². The molecule has 1 nitrogen and oxygen atoms in total. The van der Waals surface area contributed by atoms with Gasteiger partial charge in [0, 0.05) is 5.56 Å². The molecular formula is C15H12Cl3FO. The predicted octanol–water partition coefficient (Wildman–Crippen LogP) is 5.66. The first-order valence-corrected chi connectivity index (χ1v) is 7.12. The van der Waals surface area contributed by atoms with Crippen molar-refractivity contribution in [1.29, 1.82) is 0 Å². The molecule has 2 rings (SSSR count).